The lowest BCUT2D eigenvalue weighted by atomic mass is 10.1. The van der Waals surface area contributed by atoms with Gasteiger partial charge in [0.15, 0.2) is 0 Å². The Balaban J connectivity index is 2.35. The lowest BCUT2D eigenvalue weighted by Gasteiger charge is -2.30. The summed E-state index contributed by atoms with van der Waals surface area (Å²) in [5.41, 5.74) is 6.99. The Bertz CT molecular complexity index is 683. The minimum atomic E-state index is -3.55. The lowest BCUT2D eigenvalue weighted by molar-refractivity contribution is -0.114. The van der Waals surface area contributed by atoms with Crippen molar-refractivity contribution in [2.75, 3.05) is 18.4 Å². The maximum atomic E-state index is 12.8. The third kappa shape index (κ3) is 3.68. The number of rotatable bonds is 3. The maximum Gasteiger partial charge on any atom is 0.243 e. The van der Waals surface area contributed by atoms with E-state index >= 15 is 0 Å². The Kier molecular flexibility index (Phi) is 5.26. The number of amides is 1. The molecule has 3 N–H and O–H groups in total. The number of carbonyl (C=O) groups excluding carboxylic acids is 1. The zero-order chi connectivity index (χ0) is 16.5. The molecular formula is C14H20BrN3O3S. The molecule has 0 aromatic heterocycles. The first-order valence-corrected chi connectivity index (χ1v) is 9.28. The van der Waals surface area contributed by atoms with Crippen molar-refractivity contribution < 1.29 is 13.2 Å². The fraction of sp³-hybridized carbons (Fsp3) is 0.500. The third-order valence-electron chi connectivity index (χ3n) is 3.69. The number of nitrogens with one attached hydrogen (secondary N) is 1. The van der Waals surface area contributed by atoms with Gasteiger partial charge < -0.3 is 11.1 Å². The number of anilines is 1. The average Bonchev–Trinajstić information content (AvgIpc) is 2.42. The molecule has 1 aromatic rings. The zero-order valence-electron chi connectivity index (χ0n) is 12.6. The second kappa shape index (κ2) is 6.66. The van der Waals surface area contributed by atoms with Crippen LogP contribution < -0.4 is 11.1 Å². The van der Waals surface area contributed by atoms with Crippen LogP contribution >= 0.6 is 15.9 Å². The molecule has 0 radical (unpaired) electrons. The summed E-state index contributed by atoms with van der Waals surface area (Å²) >= 11 is 3.32. The molecular weight excluding hydrogens is 370 g/mol. The molecule has 1 heterocycles. The summed E-state index contributed by atoms with van der Waals surface area (Å²) in [6.07, 6.45) is 1.34. The van der Waals surface area contributed by atoms with E-state index in [0.29, 0.717) is 41.7 Å². The summed E-state index contributed by atoms with van der Waals surface area (Å²) < 4.78 is 27.6. The summed E-state index contributed by atoms with van der Waals surface area (Å²) in [5.74, 6) is -0.208. The van der Waals surface area contributed by atoms with Crippen LogP contribution in [0.1, 0.15) is 25.3 Å². The van der Waals surface area contributed by atoms with Crippen LogP contribution in [0.3, 0.4) is 0 Å². The van der Waals surface area contributed by atoms with E-state index in [2.05, 4.69) is 21.2 Å². The van der Waals surface area contributed by atoms with E-state index < -0.39 is 10.0 Å². The average molecular weight is 390 g/mol. The van der Waals surface area contributed by atoms with Crippen molar-refractivity contribution in [1.82, 2.24) is 4.31 Å². The van der Waals surface area contributed by atoms with Gasteiger partial charge in [0.2, 0.25) is 15.9 Å². The fourth-order valence-corrected chi connectivity index (χ4v) is 4.78. The number of aryl methyl sites for hydroxylation is 1. The number of halogens is 1. The molecule has 6 nitrogen and oxygen atoms in total. The second-order valence-electron chi connectivity index (χ2n) is 5.52. The van der Waals surface area contributed by atoms with Crippen molar-refractivity contribution in [3.05, 3.63) is 22.2 Å². The van der Waals surface area contributed by atoms with Crippen LogP contribution in [-0.4, -0.2) is 37.8 Å². The van der Waals surface area contributed by atoms with E-state index in [9.17, 15) is 13.2 Å². The molecule has 1 amide bonds. The van der Waals surface area contributed by atoms with Crippen molar-refractivity contribution in [2.24, 2.45) is 5.73 Å². The van der Waals surface area contributed by atoms with Gasteiger partial charge in [0, 0.05) is 30.5 Å². The van der Waals surface area contributed by atoms with Crippen molar-refractivity contribution in [3.63, 3.8) is 0 Å². The molecule has 0 bridgehead atoms. The number of hydrogen-bond donors (Lipinski definition) is 2. The van der Waals surface area contributed by atoms with Crippen LogP contribution in [0.2, 0.25) is 0 Å². The highest BCUT2D eigenvalue weighted by molar-refractivity contribution is 9.10. The molecule has 0 unspecified atom stereocenters. The highest BCUT2D eigenvalue weighted by Gasteiger charge is 2.30. The number of sulfonamides is 1. The Morgan fingerprint density at radius 2 is 1.95 bits per heavy atom. The van der Waals surface area contributed by atoms with Crippen molar-refractivity contribution in [3.8, 4) is 0 Å². The smallest absolute Gasteiger partial charge is 0.243 e. The zero-order valence-corrected chi connectivity index (χ0v) is 15.0. The Morgan fingerprint density at radius 1 is 1.36 bits per heavy atom. The Hall–Kier alpha value is -0.960. The number of hydrogen-bond acceptors (Lipinski definition) is 4. The third-order valence-corrected chi connectivity index (χ3v) is 6.39. The van der Waals surface area contributed by atoms with E-state index in [0.717, 1.165) is 0 Å². The largest absolute Gasteiger partial charge is 0.328 e. The molecule has 1 aliphatic rings. The Morgan fingerprint density at radius 3 is 2.50 bits per heavy atom. The van der Waals surface area contributed by atoms with E-state index in [4.69, 9.17) is 5.73 Å². The Labute approximate surface area is 139 Å². The first-order chi connectivity index (χ1) is 10.2. The predicted molar refractivity (Wildman–Crippen MR) is 89.2 cm³/mol. The molecule has 0 aliphatic carbocycles. The van der Waals surface area contributed by atoms with Crippen LogP contribution in [0.15, 0.2) is 21.5 Å². The van der Waals surface area contributed by atoms with E-state index in [1.54, 1.807) is 19.1 Å². The first kappa shape index (κ1) is 17.4. The van der Waals surface area contributed by atoms with Gasteiger partial charge >= 0.3 is 0 Å². The van der Waals surface area contributed by atoms with E-state index in [1.165, 1.54) is 11.2 Å². The summed E-state index contributed by atoms with van der Waals surface area (Å²) in [6, 6.07) is 3.28. The van der Waals surface area contributed by atoms with Crippen LogP contribution in [0.5, 0.6) is 0 Å². The van der Waals surface area contributed by atoms with Gasteiger partial charge in [0.1, 0.15) is 0 Å². The molecule has 0 atom stereocenters. The SMILES string of the molecule is CC(=O)Nc1cc(C)c(S(=O)(=O)N2CCC(N)CC2)cc1Br. The fourth-order valence-electron chi connectivity index (χ4n) is 2.48. The summed E-state index contributed by atoms with van der Waals surface area (Å²) in [7, 11) is -3.55. The maximum absolute atomic E-state index is 12.8. The molecule has 1 fully saturated rings. The molecule has 0 saturated carbocycles. The molecule has 1 saturated heterocycles. The van der Waals surface area contributed by atoms with Gasteiger partial charge in [-0.3, -0.25) is 4.79 Å². The van der Waals surface area contributed by atoms with E-state index in [-0.39, 0.29) is 16.8 Å². The van der Waals surface area contributed by atoms with Gasteiger partial charge in [0.05, 0.1) is 10.6 Å². The van der Waals surface area contributed by atoms with E-state index in [1.807, 2.05) is 0 Å². The molecule has 1 aliphatic heterocycles. The van der Waals surface area contributed by atoms with Crippen LogP contribution in [0, 0.1) is 6.92 Å². The molecule has 8 heteroatoms. The van der Waals surface area contributed by atoms with Crippen LogP contribution in [0.4, 0.5) is 5.69 Å². The number of piperidine rings is 1. The van der Waals surface area contributed by atoms with Crippen molar-refractivity contribution in [2.45, 2.75) is 37.6 Å². The standard InChI is InChI=1S/C14H20BrN3O3S/c1-9-7-13(17-10(2)19)12(15)8-14(9)22(20,21)18-5-3-11(16)4-6-18/h7-8,11H,3-6,16H2,1-2H3,(H,17,19). The number of carbonyl (C=O) groups is 1. The highest BCUT2D eigenvalue weighted by Crippen LogP contribution is 2.31. The topological polar surface area (TPSA) is 92.5 Å². The van der Waals surface area contributed by atoms with Crippen LogP contribution in [0.25, 0.3) is 0 Å². The number of benzene rings is 1. The molecule has 2 rings (SSSR count). The van der Waals surface area contributed by atoms with Crippen molar-refractivity contribution >= 4 is 37.5 Å². The van der Waals surface area contributed by atoms with Gasteiger partial charge in [-0.05, 0) is 53.4 Å². The molecule has 22 heavy (non-hydrogen) atoms. The highest BCUT2D eigenvalue weighted by atomic mass is 79.9. The van der Waals surface area contributed by atoms with Gasteiger partial charge in [-0.25, -0.2) is 8.42 Å². The van der Waals surface area contributed by atoms with Gasteiger partial charge in [-0.15, -0.1) is 0 Å². The summed E-state index contributed by atoms with van der Waals surface area (Å²) in [6.45, 7) is 4.01. The van der Waals surface area contributed by atoms with Gasteiger partial charge in [-0.2, -0.15) is 4.31 Å². The molecule has 0 spiro atoms. The molecule has 122 valence electrons. The number of nitrogens with zero attached hydrogens (tertiary/aromatic N) is 1. The lowest BCUT2D eigenvalue weighted by Crippen LogP contribution is -2.42. The predicted octanol–water partition coefficient (Wildman–Crippen LogP) is 1.83. The monoisotopic (exact) mass is 389 g/mol. The minimum absolute atomic E-state index is 0.0708. The second-order valence-corrected chi connectivity index (χ2v) is 8.28. The normalized spacial score (nSPS) is 17.5. The number of nitrogens with two attached hydrogens (primary N) is 1. The van der Waals surface area contributed by atoms with Gasteiger partial charge in [0.25, 0.3) is 0 Å². The summed E-state index contributed by atoms with van der Waals surface area (Å²) in [5, 5.41) is 2.67. The molecule has 1 aromatic carbocycles. The minimum Gasteiger partial charge on any atom is -0.328 e. The summed E-state index contributed by atoms with van der Waals surface area (Å²) in [4.78, 5) is 11.4. The van der Waals surface area contributed by atoms with Gasteiger partial charge in [-0.1, -0.05) is 0 Å². The van der Waals surface area contributed by atoms with Crippen molar-refractivity contribution in [1.29, 1.82) is 0 Å². The quantitative estimate of drug-likeness (QED) is 0.824. The van der Waals surface area contributed by atoms with Crippen LogP contribution in [-0.2, 0) is 14.8 Å². The first-order valence-electron chi connectivity index (χ1n) is 7.05.